The third-order valence-electron chi connectivity index (χ3n) is 2.83. The van der Waals surface area contributed by atoms with Gasteiger partial charge in [-0.05, 0) is 11.8 Å². The molecule has 0 spiro atoms. The highest BCUT2D eigenvalue weighted by Gasteiger charge is 2.31. The Morgan fingerprint density at radius 3 is 2.88 bits per heavy atom. The molecule has 2 rings (SSSR count). The molecule has 3 N–H and O–H groups in total. The lowest BCUT2D eigenvalue weighted by atomic mass is 9.93. The number of nitrogens with two attached hydrogens (primary N) is 1. The molecule has 0 unspecified atom stereocenters. The third kappa shape index (κ3) is 2.06. The average Bonchev–Trinajstić information content (AvgIpc) is 2.59. The molecule has 0 amide bonds. The van der Waals surface area contributed by atoms with Crippen LogP contribution < -0.4 is 16.2 Å². The largest absolute Gasteiger partial charge is 0.353 e. The highest BCUT2D eigenvalue weighted by molar-refractivity contribution is 5.44. The number of aromatic nitrogens is 2. The van der Waals surface area contributed by atoms with E-state index in [1.54, 1.807) is 0 Å². The van der Waals surface area contributed by atoms with Crippen molar-refractivity contribution in [2.75, 3.05) is 23.4 Å². The van der Waals surface area contributed by atoms with E-state index in [-0.39, 0.29) is 11.4 Å². The summed E-state index contributed by atoms with van der Waals surface area (Å²) in [5, 5.41) is 0. The van der Waals surface area contributed by atoms with E-state index in [1.807, 2.05) is 4.90 Å². The molecule has 0 saturated carbocycles. The van der Waals surface area contributed by atoms with E-state index in [1.165, 1.54) is 0 Å². The second kappa shape index (κ2) is 3.86. The minimum atomic E-state index is -0.406. The molecule has 0 aromatic carbocycles. The molecular formula is C10H16FN5. The van der Waals surface area contributed by atoms with Crippen LogP contribution in [0.15, 0.2) is 6.20 Å². The zero-order valence-corrected chi connectivity index (χ0v) is 9.50. The van der Waals surface area contributed by atoms with Gasteiger partial charge in [0.15, 0.2) is 11.6 Å². The summed E-state index contributed by atoms with van der Waals surface area (Å²) in [7, 11) is 0. The Bertz CT molecular complexity index is 393. The second-order valence-electron chi connectivity index (χ2n) is 4.85. The number of rotatable bonds is 2. The maximum Gasteiger partial charge on any atom is 0.239 e. The fourth-order valence-corrected chi connectivity index (χ4v) is 1.94. The van der Waals surface area contributed by atoms with Gasteiger partial charge in [0.1, 0.15) is 0 Å². The molecular weight excluding hydrogens is 209 g/mol. The highest BCUT2D eigenvalue weighted by Crippen LogP contribution is 2.32. The van der Waals surface area contributed by atoms with Crippen LogP contribution in [0.5, 0.6) is 0 Å². The summed E-state index contributed by atoms with van der Waals surface area (Å²) in [6.45, 7) is 5.93. The van der Waals surface area contributed by atoms with Crippen LogP contribution in [0, 0.1) is 11.2 Å². The van der Waals surface area contributed by atoms with Gasteiger partial charge in [-0.2, -0.15) is 4.98 Å². The van der Waals surface area contributed by atoms with E-state index in [0.717, 1.165) is 25.7 Å². The molecule has 1 fully saturated rings. The van der Waals surface area contributed by atoms with Crippen molar-refractivity contribution in [2.45, 2.75) is 20.3 Å². The van der Waals surface area contributed by atoms with Gasteiger partial charge in [0, 0.05) is 13.1 Å². The van der Waals surface area contributed by atoms with Gasteiger partial charge in [0.2, 0.25) is 5.95 Å². The molecule has 5 nitrogen and oxygen atoms in total. The smallest absolute Gasteiger partial charge is 0.239 e. The average molecular weight is 225 g/mol. The molecule has 2 heterocycles. The quantitative estimate of drug-likeness (QED) is 0.583. The first-order valence-electron chi connectivity index (χ1n) is 5.26. The van der Waals surface area contributed by atoms with Crippen molar-refractivity contribution in [2.24, 2.45) is 11.3 Å². The predicted molar refractivity (Wildman–Crippen MR) is 60.4 cm³/mol. The van der Waals surface area contributed by atoms with Crippen LogP contribution in [0.25, 0.3) is 0 Å². The monoisotopic (exact) mass is 225 g/mol. The van der Waals surface area contributed by atoms with E-state index in [2.05, 4.69) is 29.2 Å². The lowest BCUT2D eigenvalue weighted by Crippen LogP contribution is -2.25. The van der Waals surface area contributed by atoms with Crippen molar-refractivity contribution in [3.63, 3.8) is 0 Å². The Morgan fingerprint density at radius 1 is 1.56 bits per heavy atom. The van der Waals surface area contributed by atoms with Crippen molar-refractivity contribution in [1.82, 2.24) is 9.97 Å². The molecule has 0 radical (unpaired) electrons. The van der Waals surface area contributed by atoms with Gasteiger partial charge in [0.25, 0.3) is 0 Å². The van der Waals surface area contributed by atoms with Crippen LogP contribution >= 0.6 is 0 Å². The van der Waals surface area contributed by atoms with Gasteiger partial charge in [-0.3, -0.25) is 5.43 Å². The molecule has 0 bridgehead atoms. The Hall–Kier alpha value is -1.43. The predicted octanol–water partition coefficient (Wildman–Crippen LogP) is 1.14. The standard InChI is InChI=1S/C10H16FN5/c1-10(2)3-4-16(6-10)8-7(11)5-13-9(14-8)15-12/h5H,3-4,6,12H2,1-2H3,(H,13,14,15). The molecule has 1 aliphatic heterocycles. The maximum atomic E-state index is 13.6. The number of hydrogen-bond acceptors (Lipinski definition) is 5. The maximum absolute atomic E-state index is 13.6. The van der Waals surface area contributed by atoms with Gasteiger partial charge in [-0.15, -0.1) is 0 Å². The van der Waals surface area contributed by atoms with Gasteiger partial charge in [0.05, 0.1) is 6.20 Å². The highest BCUT2D eigenvalue weighted by atomic mass is 19.1. The summed E-state index contributed by atoms with van der Waals surface area (Å²) in [6.07, 6.45) is 2.17. The van der Waals surface area contributed by atoms with E-state index in [4.69, 9.17) is 5.84 Å². The number of hydrazine groups is 1. The summed E-state index contributed by atoms with van der Waals surface area (Å²) < 4.78 is 13.6. The Kier molecular flexibility index (Phi) is 2.67. The van der Waals surface area contributed by atoms with Crippen molar-refractivity contribution in [3.05, 3.63) is 12.0 Å². The van der Waals surface area contributed by atoms with Crippen molar-refractivity contribution in [1.29, 1.82) is 0 Å². The summed E-state index contributed by atoms with van der Waals surface area (Å²) in [5.74, 6) is 5.36. The SMILES string of the molecule is CC1(C)CCN(c2nc(NN)ncc2F)C1. The van der Waals surface area contributed by atoms with E-state index < -0.39 is 5.82 Å². The van der Waals surface area contributed by atoms with Crippen molar-refractivity contribution >= 4 is 11.8 Å². The molecule has 1 aliphatic rings. The molecule has 0 atom stereocenters. The van der Waals surface area contributed by atoms with E-state index >= 15 is 0 Å². The van der Waals surface area contributed by atoms with Crippen molar-refractivity contribution < 1.29 is 4.39 Å². The van der Waals surface area contributed by atoms with Gasteiger partial charge in [-0.25, -0.2) is 15.2 Å². The number of nitrogen functional groups attached to an aromatic ring is 1. The molecule has 6 heteroatoms. The van der Waals surface area contributed by atoms with Crippen LogP contribution in [0.3, 0.4) is 0 Å². The summed E-state index contributed by atoms with van der Waals surface area (Å²) in [6, 6.07) is 0. The lowest BCUT2D eigenvalue weighted by Gasteiger charge is -2.21. The van der Waals surface area contributed by atoms with Crippen LogP contribution in [0.1, 0.15) is 20.3 Å². The Morgan fingerprint density at radius 2 is 2.31 bits per heavy atom. The zero-order valence-electron chi connectivity index (χ0n) is 9.50. The molecule has 0 aliphatic carbocycles. The fourth-order valence-electron chi connectivity index (χ4n) is 1.94. The number of anilines is 2. The first-order valence-corrected chi connectivity index (χ1v) is 5.26. The normalized spacial score (nSPS) is 18.9. The van der Waals surface area contributed by atoms with Gasteiger partial charge in [-0.1, -0.05) is 13.8 Å². The Labute approximate surface area is 93.8 Å². The summed E-state index contributed by atoms with van der Waals surface area (Å²) in [5.41, 5.74) is 2.53. The molecule has 1 aromatic heterocycles. The number of nitrogens with zero attached hydrogens (tertiary/aromatic N) is 3. The minimum Gasteiger partial charge on any atom is -0.353 e. The molecule has 16 heavy (non-hydrogen) atoms. The summed E-state index contributed by atoms with van der Waals surface area (Å²) in [4.78, 5) is 9.69. The first kappa shape index (κ1) is 11.1. The summed E-state index contributed by atoms with van der Waals surface area (Å²) >= 11 is 0. The zero-order chi connectivity index (χ0) is 11.8. The van der Waals surface area contributed by atoms with Crippen LogP contribution in [0.2, 0.25) is 0 Å². The van der Waals surface area contributed by atoms with Crippen molar-refractivity contribution in [3.8, 4) is 0 Å². The number of nitrogens with one attached hydrogen (secondary N) is 1. The molecule has 88 valence electrons. The first-order chi connectivity index (χ1) is 7.52. The second-order valence-corrected chi connectivity index (χ2v) is 4.85. The van der Waals surface area contributed by atoms with Crippen LogP contribution in [0.4, 0.5) is 16.2 Å². The third-order valence-corrected chi connectivity index (χ3v) is 2.83. The fraction of sp³-hybridized carbons (Fsp3) is 0.600. The molecule has 1 saturated heterocycles. The Balaban J connectivity index is 2.27. The lowest BCUT2D eigenvalue weighted by molar-refractivity contribution is 0.418. The minimum absolute atomic E-state index is 0.202. The van der Waals surface area contributed by atoms with Gasteiger partial charge < -0.3 is 4.90 Å². The number of halogens is 1. The van der Waals surface area contributed by atoms with Gasteiger partial charge >= 0.3 is 0 Å². The van der Waals surface area contributed by atoms with Crippen LogP contribution in [-0.2, 0) is 0 Å². The van der Waals surface area contributed by atoms with E-state index in [9.17, 15) is 4.39 Å². The molecule has 1 aromatic rings. The topological polar surface area (TPSA) is 67.1 Å². The van der Waals surface area contributed by atoms with Crippen LogP contribution in [-0.4, -0.2) is 23.1 Å². The van der Waals surface area contributed by atoms with E-state index in [0.29, 0.717) is 5.82 Å². The number of hydrogen-bond donors (Lipinski definition) is 2.